The second-order valence-electron chi connectivity index (χ2n) is 4.40. The van der Waals surface area contributed by atoms with Crippen LogP contribution in [0.15, 0.2) is 24.3 Å². The van der Waals surface area contributed by atoms with Crippen LogP contribution in [-0.2, 0) is 11.3 Å². The van der Waals surface area contributed by atoms with E-state index in [-0.39, 0.29) is 5.60 Å². The van der Waals surface area contributed by atoms with Crippen LogP contribution in [-0.4, -0.2) is 10.9 Å². The maximum absolute atomic E-state index is 6.11. The summed E-state index contributed by atoms with van der Waals surface area (Å²) in [4.78, 5) is 0. The molecule has 0 aromatic heterocycles. The van der Waals surface area contributed by atoms with Crippen LogP contribution in [0.5, 0.6) is 0 Å². The molecule has 0 radical (unpaired) electrons. The standard InChI is InChI=1S/C13H16BrClO/c14-10-13(7-3-4-8-13)16-9-11-5-1-2-6-12(11)15/h1-2,5-6H,3-4,7-10H2. The Morgan fingerprint density at radius 3 is 2.56 bits per heavy atom. The van der Waals surface area contributed by atoms with Gasteiger partial charge in [-0.25, -0.2) is 0 Å². The van der Waals surface area contributed by atoms with Crippen LogP contribution in [0.3, 0.4) is 0 Å². The molecule has 1 fully saturated rings. The molecule has 0 aliphatic heterocycles. The molecule has 0 bridgehead atoms. The van der Waals surface area contributed by atoms with Gasteiger partial charge >= 0.3 is 0 Å². The largest absolute Gasteiger partial charge is 0.369 e. The molecule has 1 aromatic rings. The quantitative estimate of drug-likeness (QED) is 0.741. The van der Waals surface area contributed by atoms with Crippen LogP contribution in [0.25, 0.3) is 0 Å². The molecule has 0 unspecified atom stereocenters. The molecule has 0 spiro atoms. The molecule has 0 saturated heterocycles. The lowest BCUT2D eigenvalue weighted by Gasteiger charge is -2.27. The molecule has 88 valence electrons. The van der Waals surface area contributed by atoms with Gasteiger partial charge in [0.2, 0.25) is 0 Å². The number of benzene rings is 1. The van der Waals surface area contributed by atoms with Crippen LogP contribution in [0.1, 0.15) is 31.2 Å². The molecule has 1 aliphatic carbocycles. The van der Waals surface area contributed by atoms with Gasteiger partial charge in [-0.05, 0) is 24.5 Å². The van der Waals surface area contributed by atoms with E-state index in [0.29, 0.717) is 6.61 Å². The van der Waals surface area contributed by atoms with Crippen molar-refractivity contribution in [3.05, 3.63) is 34.9 Å². The minimum Gasteiger partial charge on any atom is -0.369 e. The Balaban J connectivity index is 1.98. The molecule has 3 heteroatoms. The smallest absolute Gasteiger partial charge is 0.0783 e. The predicted octanol–water partition coefficient (Wildman–Crippen LogP) is 4.56. The Bertz CT molecular complexity index is 348. The van der Waals surface area contributed by atoms with E-state index in [4.69, 9.17) is 16.3 Å². The normalized spacial score (nSPS) is 18.9. The molecule has 0 heterocycles. The summed E-state index contributed by atoms with van der Waals surface area (Å²) >= 11 is 9.67. The van der Waals surface area contributed by atoms with Gasteiger partial charge in [-0.3, -0.25) is 0 Å². The maximum atomic E-state index is 6.11. The second kappa shape index (κ2) is 5.52. The highest BCUT2D eigenvalue weighted by molar-refractivity contribution is 9.09. The summed E-state index contributed by atoms with van der Waals surface area (Å²) in [5, 5.41) is 1.72. The Kier molecular flexibility index (Phi) is 4.28. The lowest BCUT2D eigenvalue weighted by atomic mass is 10.1. The van der Waals surface area contributed by atoms with Crippen molar-refractivity contribution in [1.82, 2.24) is 0 Å². The van der Waals surface area contributed by atoms with Crippen molar-refractivity contribution < 1.29 is 4.74 Å². The van der Waals surface area contributed by atoms with Crippen molar-refractivity contribution >= 4 is 27.5 Å². The van der Waals surface area contributed by atoms with Crippen LogP contribution >= 0.6 is 27.5 Å². The van der Waals surface area contributed by atoms with E-state index in [1.54, 1.807) is 0 Å². The summed E-state index contributed by atoms with van der Waals surface area (Å²) in [6, 6.07) is 7.89. The summed E-state index contributed by atoms with van der Waals surface area (Å²) in [6.45, 7) is 0.616. The first-order valence-electron chi connectivity index (χ1n) is 5.69. The Morgan fingerprint density at radius 1 is 1.25 bits per heavy atom. The number of hydrogen-bond acceptors (Lipinski definition) is 1. The van der Waals surface area contributed by atoms with E-state index in [2.05, 4.69) is 15.9 Å². The highest BCUT2D eigenvalue weighted by atomic mass is 79.9. The average molecular weight is 304 g/mol. The van der Waals surface area contributed by atoms with E-state index < -0.39 is 0 Å². The summed E-state index contributed by atoms with van der Waals surface area (Å²) in [6.07, 6.45) is 4.85. The fraction of sp³-hybridized carbons (Fsp3) is 0.538. The molecule has 0 amide bonds. The molecule has 2 rings (SSSR count). The Labute approximate surface area is 110 Å². The lowest BCUT2D eigenvalue weighted by Crippen LogP contribution is -2.30. The van der Waals surface area contributed by atoms with Gasteiger partial charge in [0.25, 0.3) is 0 Å². The summed E-state index contributed by atoms with van der Waals surface area (Å²) < 4.78 is 6.08. The average Bonchev–Trinajstić information content (AvgIpc) is 2.78. The number of ether oxygens (including phenoxy) is 1. The third kappa shape index (κ3) is 2.79. The first-order chi connectivity index (χ1) is 7.76. The third-order valence-electron chi connectivity index (χ3n) is 3.25. The molecule has 1 aromatic carbocycles. The van der Waals surface area contributed by atoms with Gasteiger partial charge in [-0.2, -0.15) is 0 Å². The van der Waals surface area contributed by atoms with Gasteiger partial charge in [0.05, 0.1) is 12.2 Å². The lowest BCUT2D eigenvalue weighted by molar-refractivity contribution is -0.0329. The molecule has 0 N–H and O–H groups in total. The second-order valence-corrected chi connectivity index (χ2v) is 5.37. The van der Waals surface area contributed by atoms with E-state index in [9.17, 15) is 0 Å². The molecule has 1 saturated carbocycles. The Morgan fingerprint density at radius 2 is 1.94 bits per heavy atom. The van der Waals surface area contributed by atoms with Gasteiger partial charge in [0.1, 0.15) is 0 Å². The summed E-state index contributed by atoms with van der Waals surface area (Å²) in [5.74, 6) is 0. The van der Waals surface area contributed by atoms with Crippen molar-refractivity contribution in [3.63, 3.8) is 0 Å². The number of hydrogen-bond donors (Lipinski definition) is 0. The zero-order valence-electron chi connectivity index (χ0n) is 9.22. The fourth-order valence-corrected chi connectivity index (χ4v) is 3.10. The highest BCUT2D eigenvalue weighted by Crippen LogP contribution is 2.35. The maximum Gasteiger partial charge on any atom is 0.0783 e. The van der Waals surface area contributed by atoms with Crippen molar-refractivity contribution in [2.24, 2.45) is 0 Å². The number of rotatable bonds is 4. The Hall–Kier alpha value is -0.0500. The number of halogens is 2. The van der Waals surface area contributed by atoms with Crippen LogP contribution in [0.2, 0.25) is 5.02 Å². The van der Waals surface area contributed by atoms with Crippen LogP contribution < -0.4 is 0 Å². The number of alkyl halides is 1. The zero-order valence-corrected chi connectivity index (χ0v) is 11.6. The molecular weight excluding hydrogens is 287 g/mol. The van der Waals surface area contributed by atoms with Gasteiger partial charge in [0, 0.05) is 10.4 Å². The molecule has 0 atom stereocenters. The minimum atomic E-state index is 0.0408. The molecule has 1 aliphatic rings. The van der Waals surface area contributed by atoms with E-state index in [0.717, 1.165) is 28.8 Å². The fourth-order valence-electron chi connectivity index (χ4n) is 2.18. The molecular formula is C13H16BrClO. The molecule has 16 heavy (non-hydrogen) atoms. The summed E-state index contributed by atoms with van der Waals surface area (Å²) in [7, 11) is 0. The van der Waals surface area contributed by atoms with Crippen molar-refractivity contribution in [2.45, 2.75) is 37.9 Å². The van der Waals surface area contributed by atoms with Crippen molar-refractivity contribution in [1.29, 1.82) is 0 Å². The third-order valence-corrected chi connectivity index (χ3v) is 4.64. The van der Waals surface area contributed by atoms with Crippen molar-refractivity contribution in [3.8, 4) is 0 Å². The topological polar surface area (TPSA) is 9.23 Å². The first-order valence-corrected chi connectivity index (χ1v) is 7.19. The van der Waals surface area contributed by atoms with Crippen LogP contribution in [0.4, 0.5) is 0 Å². The molecule has 1 nitrogen and oxygen atoms in total. The van der Waals surface area contributed by atoms with Crippen molar-refractivity contribution in [2.75, 3.05) is 5.33 Å². The van der Waals surface area contributed by atoms with E-state index in [1.165, 1.54) is 12.8 Å². The van der Waals surface area contributed by atoms with Crippen LogP contribution in [0, 0.1) is 0 Å². The monoisotopic (exact) mass is 302 g/mol. The summed E-state index contributed by atoms with van der Waals surface area (Å²) in [5.41, 5.74) is 1.12. The SMILES string of the molecule is Clc1ccccc1COC1(CBr)CCCC1. The minimum absolute atomic E-state index is 0.0408. The highest BCUT2D eigenvalue weighted by Gasteiger charge is 2.33. The predicted molar refractivity (Wildman–Crippen MR) is 71.2 cm³/mol. The van der Waals surface area contributed by atoms with Gasteiger partial charge < -0.3 is 4.74 Å². The van der Waals surface area contributed by atoms with Gasteiger partial charge in [-0.1, -0.05) is 58.6 Å². The first kappa shape index (κ1) is 12.4. The van der Waals surface area contributed by atoms with Gasteiger partial charge in [-0.15, -0.1) is 0 Å². The van der Waals surface area contributed by atoms with Gasteiger partial charge in [0.15, 0.2) is 0 Å². The van der Waals surface area contributed by atoms with E-state index >= 15 is 0 Å². The zero-order chi connectivity index (χ0) is 11.4. The van der Waals surface area contributed by atoms with E-state index in [1.807, 2.05) is 24.3 Å².